The molecule has 0 spiro atoms. The smallest absolute Gasteiger partial charge is 0.0357 e. The van der Waals surface area contributed by atoms with Crippen LogP contribution < -0.4 is 5.73 Å². The fraction of sp³-hybridized carbons (Fsp3) is 1.00. The number of likely N-dealkylation sites (tertiary alicyclic amines) is 1. The first kappa shape index (κ1) is 11.4. The molecule has 1 aliphatic heterocycles. The van der Waals surface area contributed by atoms with Gasteiger partial charge in [0.15, 0.2) is 0 Å². The van der Waals surface area contributed by atoms with Crippen molar-refractivity contribution >= 4 is 0 Å². The third-order valence-electron chi connectivity index (χ3n) is 4.55. The molecule has 88 valence electrons. The van der Waals surface area contributed by atoms with Crippen LogP contribution in [0, 0.1) is 0 Å². The van der Waals surface area contributed by atoms with Crippen molar-refractivity contribution in [1.82, 2.24) is 4.90 Å². The topological polar surface area (TPSA) is 29.3 Å². The summed E-state index contributed by atoms with van der Waals surface area (Å²) in [6.45, 7) is 4.81. The number of nitrogens with zero attached hydrogens (tertiary/aromatic N) is 1. The predicted molar refractivity (Wildman–Crippen MR) is 64.9 cm³/mol. The van der Waals surface area contributed by atoms with Crippen LogP contribution in [0.25, 0.3) is 0 Å². The molecular weight excluding hydrogens is 184 g/mol. The standard InChI is InChI=1S/C13H26N2/c1-12(14)13(8-4-2-5-9-13)15-10-6-3-7-11-15/h12H,2-11,14H2,1H3. The molecule has 1 aliphatic carbocycles. The highest BCUT2D eigenvalue weighted by Gasteiger charge is 2.41. The van der Waals surface area contributed by atoms with E-state index in [2.05, 4.69) is 11.8 Å². The van der Waals surface area contributed by atoms with E-state index in [-0.39, 0.29) is 0 Å². The van der Waals surface area contributed by atoms with Gasteiger partial charge < -0.3 is 5.73 Å². The van der Waals surface area contributed by atoms with Gasteiger partial charge in [-0.05, 0) is 45.7 Å². The van der Waals surface area contributed by atoms with Crippen LogP contribution in [0.1, 0.15) is 58.3 Å². The van der Waals surface area contributed by atoms with Crippen molar-refractivity contribution in [2.24, 2.45) is 5.73 Å². The Morgan fingerprint density at radius 3 is 2.00 bits per heavy atom. The molecule has 2 heteroatoms. The van der Waals surface area contributed by atoms with Crippen LogP contribution in [0.5, 0.6) is 0 Å². The minimum absolute atomic E-state index is 0.343. The van der Waals surface area contributed by atoms with E-state index in [1.807, 2.05) is 0 Å². The van der Waals surface area contributed by atoms with Crippen LogP contribution in [-0.4, -0.2) is 29.6 Å². The monoisotopic (exact) mass is 210 g/mol. The number of nitrogens with two attached hydrogens (primary N) is 1. The minimum atomic E-state index is 0.343. The molecule has 0 radical (unpaired) electrons. The Morgan fingerprint density at radius 2 is 1.47 bits per heavy atom. The molecule has 2 aliphatic rings. The third kappa shape index (κ3) is 2.21. The maximum absolute atomic E-state index is 6.29. The summed E-state index contributed by atoms with van der Waals surface area (Å²) in [6.07, 6.45) is 11.1. The van der Waals surface area contributed by atoms with Crippen molar-refractivity contribution in [3.05, 3.63) is 0 Å². The predicted octanol–water partition coefficient (Wildman–Crippen LogP) is 2.52. The summed E-state index contributed by atoms with van der Waals surface area (Å²) in [5.41, 5.74) is 6.65. The molecule has 0 aromatic heterocycles. The molecule has 1 heterocycles. The molecule has 1 saturated heterocycles. The molecule has 0 aromatic carbocycles. The van der Waals surface area contributed by atoms with E-state index >= 15 is 0 Å². The van der Waals surface area contributed by atoms with E-state index in [9.17, 15) is 0 Å². The van der Waals surface area contributed by atoms with E-state index in [1.54, 1.807) is 0 Å². The average molecular weight is 210 g/mol. The van der Waals surface area contributed by atoms with E-state index in [0.717, 1.165) is 0 Å². The first-order valence-electron chi connectivity index (χ1n) is 6.76. The number of rotatable bonds is 2. The summed E-state index contributed by atoms with van der Waals surface area (Å²) in [4.78, 5) is 2.72. The molecule has 1 atom stereocenters. The van der Waals surface area contributed by atoms with Crippen LogP contribution in [-0.2, 0) is 0 Å². The molecule has 2 nitrogen and oxygen atoms in total. The molecule has 0 bridgehead atoms. The van der Waals surface area contributed by atoms with Crippen molar-refractivity contribution in [2.45, 2.75) is 69.9 Å². The molecule has 15 heavy (non-hydrogen) atoms. The van der Waals surface area contributed by atoms with Crippen molar-refractivity contribution in [1.29, 1.82) is 0 Å². The van der Waals surface area contributed by atoms with Crippen LogP contribution in [0.2, 0.25) is 0 Å². The molecule has 0 aromatic rings. The Balaban J connectivity index is 2.09. The van der Waals surface area contributed by atoms with Gasteiger partial charge in [0.2, 0.25) is 0 Å². The first-order chi connectivity index (χ1) is 7.26. The molecule has 1 saturated carbocycles. The van der Waals surface area contributed by atoms with E-state index in [1.165, 1.54) is 64.5 Å². The molecule has 1 unspecified atom stereocenters. The Hall–Kier alpha value is -0.0800. The van der Waals surface area contributed by atoms with Gasteiger partial charge in [-0.1, -0.05) is 25.7 Å². The highest BCUT2D eigenvalue weighted by atomic mass is 15.2. The molecular formula is C13H26N2. The number of hydrogen-bond donors (Lipinski definition) is 1. The van der Waals surface area contributed by atoms with Gasteiger partial charge in [0.05, 0.1) is 0 Å². The molecule has 2 N–H and O–H groups in total. The maximum atomic E-state index is 6.29. The minimum Gasteiger partial charge on any atom is -0.326 e. The summed E-state index contributed by atoms with van der Waals surface area (Å²) in [6, 6.07) is 0.343. The van der Waals surface area contributed by atoms with E-state index < -0.39 is 0 Å². The van der Waals surface area contributed by atoms with Gasteiger partial charge in [0, 0.05) is 11.6 Å². The molecule has 0 amide bonds. The largest absolute Gasteiger partial charge is 0.326 e. The van der Waals surface area contributed by atoms with Gasteiger partial charge in [-0.3, -0.25) is 4.90 Å². The lowest BCUT2D eigenvalue weighted by molar-refractivity contribution is 0.0171. The second-order valence-corrected chi connectivity index (χ2v) is 5.50. The Bertz CT molecular complexity index is 189. The third-order valence-corrected chi connectivity index (χ3v) is 4.55. The summed E-state index contributed by atoms with van der Waals surface area (Å²) in [7, 11) is 0. The zero-order chi connectivity index (χ0) is 10.7. The lowest BCUT2D eigenvalue weighted by Gasteiger charge is -2.50. The molecule has 2 rings (SSSR count). The summed E-state index contributed by atoms with van der Waals surface area (Å²) in [5, 5.41) is 0. The highest BCUT2D eigenvalue weighted by molar-refractivity contribution is 4.99. The van der Waals surface area contributed by atoms with E-state index in [4.69, 9.17) is 5.73 Å². The van der Waals surface area contributed by atoms with Crippen molar-refractivity contribution in [3.8, 4) is 0 Å². The second-order valence-electron chi connectivity index (χ2n) is 5.50. The van der Waals surface area contributed by atoms with Crippen LogP contribution in [0.4, 0.5) is 0 Å². The lowest BCUT2D eigenvalue weighted by atomic mass is 9.75. The van der Waals surface area contributed by atoms with Crippen molar-refractivity contribution in [2.75, 3.05) is 13.1 Å². The normalized spacial score (nSPS) is 30.0. The summed E-state index contributed by atoms with van der Waals surface area (Å²) < 4.78 is 0. The maximum Gasteiger partial charge on any atom is 0.0357 e. The first-order valence-corrected chi connectivity index (χ1v) is 6.76. The fourth-order valence-corrected chi connectivity index (χ4v) is 3.56. The zero-order valence-corrected chi connectivity index (χ0v) is 10.2. The summed E-state index contributed by atoms with van der Waals surface area (Å²) in [5.74, 6) is 0. The average Bonchev–Trinajstić information content (AvgIpc) is 2.31. The highest BCUT2D eigenvalue weighted by Crippen LogP contribution is 2.37. The van der Waals surface area contributed by atoms with Gasteiger partial charge in [-0.25, -0.2) is 0 Å². The van der Waals surface area contributed by atoms with Crippen LogP contribution >= 0.6 is 0 Å². The van der Waals surface area contributed by atoms with Crippen molar-refractivity contribution < 1.29 is 0 Å². The fourth-order valence-electron chi connectivity index (χ4n) is 3.56. The summed E-state index contributed by atoms with van der Waals surface area (Å²) >= 11 is 0. The van der Waals surface area contributed by atoms with Gasteiger partial charge in [-0.15, -0.1) is 0 Å². The SMILES string of the molecule is CC(N)C1(N2CCCCC2)CCCCC1. The number of hydrogen-bond acceptors (Lipinski definition) is 2. The quantitative estimate of drug-likeness (QED) is 0.759. The zero-order valence-electron chi connectivity index (χ0n) is 10.2. The lowest BCUT2D eigenvalue weighted by Crippen LogP contribution is -2.61. The molecule has 2 fully saturated rings. The van der Waals surface area contributed by atoms with Gasteiger partial charge in [0.25, 0.3) is 0 Å². The van der Waals surface area contributed by atoms with E-state index in [0.29, 0.717) is 11.6 Å². The Labute approximate surface area is 94.2 Å². The number of piperidine rings is 1. The van der Waals surface area contributed by atoms with Crippen molar-refractivity contribution in [3.63, 3.8) is 0 Å². The Morgan fingerprint density at radius 1 is 0.933 bits per heavy atom. The van der Waals surface area contributed by atoms with Gasteiger partial charge >= 0.3 is 0 Å². The second kappa shape index (κ2) is 4.84. The van der Waals surface area contributed by atoms with Crippen LogP contribution in [0.3, 0.4) is 0 Å². The van der Waals surface area contributed by atoms with Gasteiger partial charge in [0.1, 0.15) is 0 Å². The van der Waals surface area contributed by atoms with Crippen LogP contribution in [0.15, 0.2) is 0 Å². The van der Waals surface area contributed by atoms with Gasteiger partial charge in [-0.2, -0.15) is 0 Å². The Kier molecular flexibility index (Phi) is 3.68.